The standard InChI is InChI=1S/C13H21N3O2/c1-12(2)5-10(12)11(17)14-8-13(3,18)9-6-15-16(4)7-9/h6-7,10,18H,5,8H2,1-4H3,(H,14,17). The quantitative estimate of drug-likeness (QED) is 0.831. The van der Waals surface area contributed by atoms with Crippen LogP contribution in [0.1, 0.15) is 32.8 Å². The van der Waals surface area contributed by atoms with E-state index in [2.05, 4.69) is 24.3 Å². The molecule has 1 aliphatic rings. The first kappa shape index (κ1) is 13.1. The van der Waals surface area contributed by atoms with E-state index in [1.807, 2.05) is 0 Å². The van der Waals surface area contributed by atoms with Gasteiger partial charge in [0.05, 0.1) is 12.7 Å². The van der Waals surface area contributed by atoms with Crippen molar-refractivity contribution in [2.24, 2.45) is 18.4 Å². The molecule has 1 aromatic heterocycles. The van der Waals surface area contributed by atoms with Crippen LogP contribution < -0.4 is 5.32 Å². The van der Waals surface area contributed by atoms with Crippen molar-refractivity contribution in [3.63, 3.8) is 0 Å². The van der Waals surface area contributed by atoms with Crippen LogP contribution in [0.5, 0.6) is 0 Å². The summed E-state index contributed by atoms with van der Waals surface area (Å²) in [6.07, 6.45) is 4.30. The molecule has 100 valence electrons. The number of carbonyl (C=O) groups excluding carboxylic acids is 1. The molecule has 0 aromatic carbocycles. The minimum atomic E-state index is -1.08. The molecular formula is C13H21N3O2. The van der Waals surface area contributed by atoms with E-state index in [0.717, 1.165) is 6.42 Å². The van der Waals surface area contributed by atoms with Crippen LogP contribution in [0, 0.1) is 11.3 Å². The Labute approximate surface area is 107 Å². The summed E-state index contributed by atoms with van der Waals surface area (Å²) in [7, 11) is 1.80. The summed E-state index contributed by atoms with van der Waals surface area (Å²) in [4.78, 5) is 11.9. The first-order valence-corrected chi connectivity index (χ1v) is 6.21. The Balaban J connectivity index is 1.91. The molecule has 5 nitrogen and oxygen atoms in total. The average molecular weight is 251 g/mol. The second-order valence-corrected chi connectivity index (χ2v) is 6.14. The van der Waals surface area contributed by atoms with E-state index in [-0.39, 0.29) is 23.8 Å². The molecule has 18 heavy (non-hydrogen) atoms. The summed E-state index contributed by atoms with van der Waals surface area (Å²) >= 11 is 0. The molecule has 2 N–H and O–H groups in total. The first-order chi connectivity index (χ1) is 8.22. The molecule has 0 bridgehead atoms. The predicted octanol–water partition coefficient (Wildman–Crippen LogP) is 0.790. The number of carbonyl (C=O) groups is 1. The van der Waals surface area contributed by atoms with E-state index in [1.165, 1.54) is 0 Å². The van der Waals surface area contributed by atoms with E-state index in [1.54, 1.807) is 31.0 Å². The van der Waals surface area contributed by atoms with Crippen molar-refractivity contribution >= 4 is 5.91 Å². The van der Waals surface area contributed by atoms with Crippen molar-refractivity contribution in [3.05, 3.63) is 18.0 Å². The second-order valence-electron chi connectivity index (χ2n) is 6.14. The minimum Gasteiger partial charge on any atom is -0.383 e. The van der Waals surface area contributed by atoms with Crippen molar-refractivity contribution in [1.29, 1.82) is 0 Å². The van der Waals surface area contributed by atoms with Crippen molar-refractivity contribution in [3.8, 4) is 0 Å². The van der Waals surface area contributed by atoms with Crippen LogP contribution in [0.2, 0.25) is 0 Å². The number of rotatable bonds is 4. The minimum absolute atomic E-state index is 0.0316. The topological polar surface area (TPSA) is 67.2 Å². The maximum Gasteiger partial charge on any atom is 0.223 e. The fourth-order valence-corrected chi connectivity index (χ4v) is 2.10. The summed E-state index contributed by atoms with van der Waals surface area (Å²) in [6, 6.07) is 0. The van der Waals surface area contributed by atoms with Gasteiger partial charge in [0.2, 0.25) is 5.91 Å². The van der Waals surface area contributed by atoms with Gasteiger partial charge in [0.25, 0.3) is 0 Å². The van der Waals surface area contributed by atoms with Gasteiger partial charge in [0.15, 0.2) is 0 Å². The smallest absolute Gasteiger partial charge is 0.223 e. The number of aryl methyl sites for hydroxylation is 1. The lowest BCUT2D eigenvalue weighted by atomic mass is 9.99. The lowest BCUT2D eigenvalue weighted by Gasteiger charge is -2.22. The van der Waals surface area contributed by atoms with Crippen molar-refractivity contribution in [2.75, 3.05) is 6.54 Å². The molecule has 1 heterocycles. The Morgan fingerprint density at radius 2 is 2.33 bits per heavy atom. The fraction of sp³-hybridized carbons (Fsp3) is 0.692. The number of nitrogens with zero attached hydrogens (tertiary/aromatic N) is 2. The highest BCUT2D eigenvalue weighted by Gasteiger charge is 2.50. The molecule has 2 atom stereocenters. The van der Waals surface area contributed by atoms with Gasteiger partial charge in [-0.15, -0.1) is 0 Å². The highest BCUT2D eigenvalue weighted by molar-refractivity contribution is 5.82. The lowest BCUT2D eigenvalue weighted by Crippen LogP contribution is -2.39. The van der Waals surface area contributed by atoms with E-state index in [4.69, 9.17) is 0 Å². The zero-order valence-corrected chi connectivity index (χ0v) is 11.4. The number of hydrogen-bond donors (Lipinski definition) is 2. The Bertz CT molecular complexity index is 463. The van der Waals surface area contributed by atoms with Gasteiger partial charge < -0.3 is 10.4 Å². The SMILES string of the molecule is Cn1cc(C(C)(O)CNC(=O)C2CC2(C)C)cn1. The highest BCUT2D eigenvalue weighted by Crippen LogP contribution is 2.51. The molecule has 2 unspecified atom stereocenters. The van der Waals surface area contributed by atoms with Gasteiger partial charge in [0, 0.05) is 24.7 Å². The zero-order valence-electron chi connectivity index (χ0n) is 11.4. The van der Waals surface area contributed by atoms with Crippen LogP contribution in [0.3, 0.4) is 0 Å². The average Bonchev–Trinajstić information content (AvgIpc) is 2.70. The molecule has 1 aliphatic carbocycles. The van der Waals surface area contributed by atoms with Gasteiger partial charge in [-0.25, -0.2) is 0 Å². The molecule has 0 saturated heterocycles. The fourth-order valence-electron chi connectivity index (χ4n) is 2.10. The predicted molar refractivity (Wildman–Crippen MR) is 67.7 cm³/mol. The van der Waals surface area contributed by atoms with Crippen LogP contribution in [0.15, 0.2) is 12.4 Å². The third-order valence-corrected chi connectivity index (χ3v) is 3.76. The van der Waals surface area contributed by atoms with E-state index in [9.17, 15) is 9.90 Å². The number of hydrogen-bond acceptors (Lipinski definition) is 3. The van der Waals surface area contributed by atoms with Crippen LogP contribution >= 0.6 is 0 Å². The lowest BCUT2D eigenvalue weighted by molar-refractivity contribution is -0.124. The highest BCUT2D eigenvalue weighted by atomic mass is 16.3. The van der Waals surface area contributed by atoms with Gasteiger partial charge in [0.1, 0.15) is 5.60 Å². The van der Waals surface area contributed by atoms with Crippen molar-refractivity contribution in [2.45, 2.75) is 32.8 Å². The summed E-state index contributed by atoms with van der Waals surface area (Å²) < 4.78 is 1.63. The number of nitrogens with one attached hydrogen (secondary N) is 1. The third-order valence-electron chi connectivity index (χ3n) is 3.76. The summed E-state index contributed by atoms with van der Waals surface area (Å²) in [5.74, 6) is 0.117. The summed E-state index contributed by atoms with van der Waals surface area (Å²) in [5, 5.41) is 17.2. The largest absolute Gasteiger partial charge is 0.383 e. The Hall–Kier alpha value is -1.36. The van der Waals surface area contributed by atoms with E-state index < -0.39 is 5.60 Å². The number of aliphatic hydroxyl groups is 1. The van der Waals surface area contributed by atoms with Gasteiger partial charge in [-0.05, 0) is 18.8 Å². The van der Waals surface area contributed by atoms with Gasteiger partial charge in [-0.2, -0.15) is 5.10 Å². The van der Waals surface area contributed by atoms with E-state index in [0.29, 0.717) is 5.56 Å². The molecule has 5 heteroatoms. The molecule has 1 amide bonds. The Morgan fingerprint density at radius 1 is 1.72 bits per heavy atom. The Morgan fingerprint density at radius 3 is 2.78 bits per heavy atom. The molecule has 0 spiro atoms. The summed E-state index contributed by atoms with van der Waals surface area (Å²) in [5.41, 5.74) is -0.256. The molecular weight excluding hydrogens is 230 g/mol. The molecule has 1 saturated carbocycles. The van der Waals surface area contributed by atoms with Crippen LogP contribution in [-0.2, 0) is 17.4 Å². The van der Waals surface area contributed by atoms with Gasteiger partial charge in [-0.1, -0.05) is 13.8 Å². The Kier molecular flexibility index (Phi) is 2.97. The van der Waals surface area contributed by atoms with Crippen LogP contribution in [0.4, 0.5) is 0 Å². The zero-order chi connectivity index (χ0) is 13.6. The van der Waals surface area contributed by atoms with Crippen LogP contribution in [0.25, 0.3) is 0 Å². The maximum absolute atomic E-state index is 11.9. The van der Waals surface area contributed by atoms with Crippen molar-refractivity contribution in [1.82, 2.24) is 15.1 Å². The summed E-state index contributed by atoms with van der Waals surface area (Å²) in [6.45, 7) is 6.06. The maximum atomic E-state index is 11.9. The molecule has 1 fully saturated rings. The number of amides is 1. The first-order valence-electron chi connectivity index (χ1n) is 6.21. The molecule has 1 aromatic rings. The molecule has 0 aliphatic heterocycles. The molecule has 0 radical (unpaired) electrons. The monoisotopic (exact) mass is 251 g/mol. The number of aromatic nitrogens is 2. The van der Waals surface area contributed by atoms with E-state index >= 15 is 0 Å². The van der Waals surface area contributed by atoms with Crippen LogP contribution in [-0.4, -0.2) is 27.3 Å². The second kappa shape index (κ2) is 4.09. The normalized spacial score (nSPS) is 24.4. The van der Waals surface area contributed by atoms with Gasteiger partial charge in [-0.3, -0.25) is 9.48 Å². The van der Waals surface area contributed by atoms with Crippen molar-refractivity contribution < 1.29 is 9.90 Å². The van der Waals surface area contributed by atoms with Gasteiger partial charge >= 0.3 is 0 Å². The third kappa shape index (κ3) is 2.56. The molecule has 2 rings (SSSR count).